The summed E-state index contributed by atoms with van der Waals surface area (Å²) in [6.45, 7) is 3.57. The summed E-state index contributed by atoms with van der Waals surface area (Å²) in [5.41, 5.74) is 7.97. The number of ether oxygens (including phenoxy) is 1. The molecule has 2 rings (SSSR count). The van der Waals surface area contributed by atoms with Crippen molar-refractivity contribution in [3.8, 4) is 5.75 Å². The average molecular weight is 350 g/mol. The molecule has 1 aromatic carbocycles. The average Bonchev–Trinajstić information content (AvgIpc) is 2.41. The first-order valence-electron chi connectivity index (χ1n) is 6.40. The normalized spacial score (nSPS) is 11.8. The van der Waals surface area contributed by atoms with Gasteiger partial charge in [0.1, 0.15) is 5.75 Å². The third kappa shape index (κ3) is 4.19. The highest BCUT2D eigenvalue weighted by Gasteiger charge is 2.16. The Hall–Kier alpha value is -2.08. The molecule has 1 unspecified atom stereocenters. The van der Waals surface area contributed by atoms with Gasteiger partial charge in [0, 0.05) is 22.0 Å². The van der Waals surface area contributed by atoms with Gasteiger partial charge in [-0.15, -0.1) is 0 Å². The van der Waals surface area contributed by atoms with Gasteiger partial charge in [0.2, 0.25) is 0 Å². The lowest BCUT2D eigenvalue weighted by Crippen LogP contribution is -2.30. The summed E-state index contributed by atoms with van der Waals surface area (Å²) in [6, 6.07) is 7.08. The number of anilines is 2. The SMILES string of the molecule is Cc1cc(N)ccc1NC(=O)C(C)Oc1cncc(Br)c1. The largest absolute Gasteiger partial charge is 0.479 e. The zero-order valence-corrected chi connectivity index (χ0v) is 13.3. The van der Waals surface area contributed by atoms with Crippen LogP contribution in [0.1, 0.15) is 12.5 Å². The van der Waals surface area contributed by atoms with Crippen LogP contribution < -0.4 is 15.8 Å². The molecule has 0 saturated carbocycles. The summed E-state index contributed by atoms with van der Waals surface area (Å²) < 4.78 is 6.36. The number of carbonyl (C=O) groups excluding carboxylic acids is 1. The predicted octanol–water partition coefficient (Wildman–Crippen LogP) is 3.14. The van der Waals surface area contributed by atoms with Gasteiger partial charge in [0.25, 0.3) is 5.91 Å². The molecule has 5 nitrogen and oxygen atoms in total. The molecule has 1 heterocycles. The molecule has 0 aliphatic heterocycles. The molecule has 110 valence electrons. The molecule has 0 radical (unpaired) electrons. The van der Waals surface area contributed by atoms with E-state index in [1.165, 1.54) is 0 Å². The van der Waals surface area contributed by atoms with Gasteiger partial charge in [-0.1, -0.05) is 0 Å². The Morgan fingerprint density at radius 2 is 2.14 bits per heavy atom. The molecule has 0 aliphatic carbocycles. The van der Waals surface area contributed by atoms with Crippen molar-refractivity contribution >= 4 is 33.2 Å². The predicted molar refractivity (Wildman–Crippen MR) is 86.2 cm³/mol. The Kier molecular flexibility index (Phi) is 4.80. The number of hydrogen-bond donors (Lipinski definition) is 2. The monoisotopic (exact) mass is 349 g/mol. The van der Waals surface area contributed by atoms with Crippen molar-refractivity contribution in [2.24, 2.45) is 0 Å². The van der Waals surface area contributed by atoms with Crippen LogP contribution in [0.25, 0.3) is 0 Å². The summed E-state index contributed by atoms with van der Waals surface area (Å²) in [6.07, 6.45) is 2.57. The fourth-order valence-corrected chi connectivity index (χ4v) is 2.12. The number of benzene rings is 1. The molecule has 0 fully saturated rings. The molecule has 2 aromatic rings. The molecular formula is C15H16BrN3O2. The van der Waals surface area contributed by atoms with Crippen molar-refractivity contribution in [3.63, 3.8) is 0 Å². The Morgan fingerprint density at radius 3 is 2.81 bits per heavy atom. The minimum Gasteiger partial charge on any atom is -0.479 e. The number of aromatic nitrogens is 1. The van der Waals surface area contributed by atoms with Crippen LogP contribution in [0, 0.1) is 6.92 Å². The van der Waals surface area contributed by atoms with Crippen LogP contribution in [-0.2, 0) is 4.79 Å². The van der Waals surface area contributed by atoms with E-state index in [0.717, 1.165) is 15.7 Å². The van der Waals surface area contributed by atoms with Gasteiger partial charge in [0.05, 0.1) is 6.20 Å². The highest BCUT2D eigenvalue weighted by atomic mass is 79.9. The number of amides is 1. The summed E-state index contributed by atoms with van der Waals surface area (Å²) in [4.78, 5) is 16.1. The van der Waals surface area contributed by atoms with Gasteiger partial charge in [-0.3, -0.25) is 9.78 Å². The van der Waals surface area contributed by atoms with Crippen LogP contribution in [0.5, 0.6) is 5.75 Å². The van der Waals surface area contributed by atoms with E-state index in [1.54, 1.807) is 43.6 Å². The number of halogens is 1. The Morgan fingerprint density at radius 1 is 1.38 bits per heavy atom. The molecule has 1 amide bonds. The zero-order chi connectivity index (χ0) is 15.4. The molecule has 0 saturated heterocycles. The quantitative estimate of drug-likeness (QED) is 0.831. The van der Waals surface area contributed by atoms with Gasteiger partial charge in [-0.25, -0.2) is 0 Å². The molecular weight excluding hydrogens is 334 g/mol. The van der Waals surface area contributed by atoms with Gasteiger partial charge in [-0.2, -0.15) is 0 Å². The van der Waals surface area contributed by atoms with Crippen LogP contribution in [0.15, 0.2) is 41.1 Å². The number of nitrogens with two attached hydrogens (primary N) is 1. The molecule has 0 aliphatic rings. The molecule has 1 aromatic heterocycles. The number of carbonyl (C=O) groups is 1. The van der Waals surface area contributed by atoms with E-state index in [4.69, 9.17) is 10.5 Å². The van der Waals surface area contributed by atoms with Gasteiger partial charge < -0.3 is 15.8 Å². The lowest BCUT2D eigenvalue weighted by Gasteiger charge is -2.15. The number of nitrogens with zero attached hydrogens (tertiary/aromatic N) is 1. The van der Waals surface area contributed by atoms with Gasteiger partial charge in [0.15, 0.2) is 6.10 Å². The summed E-state index contributed by atoms with van der Waals surface area (Å²) in [5, 5.41) is 2.82. The molecule has 21 heavy (non-hydrogen) atoms. The van der Waals surface area contributed by atoms with Crippen LogP contribution in [-0.4, -0.2) is 17.0 Å². The van der Waals surface area contributed by atoms with Crippen molar-refractivity contribution in [2.45, 2.75) is 20.0 Å². The van der Waals surface area contributed by atoms with E-state index in [9.17, 15) is 4.79 Å². The van der Waals surface area contributed by atoms with Crippen molar-refractivity contribution in [1.82, 2.24) is 4.98 Å². The van der Waals surface area contributed by atoms with E-state index in [0.29, 0.717) is 11.4 Å². The first-order valence-corrected chi connectivity index (χ1v) is 7.19. The summed E-state index contributed by atoms with van der Waals surface area (Å²) in [5.74, 6) is 0.295. The maximum Gasteiger partial charge on any atom is 0.265 e. The van der Waals surface area contributed by atoms with E-state index in [2.05, 4.69) is 26.2 Å². The topological polar surface area (TPSA) is 77.2 Å². The Balaban J connectivity index is 2.02. The van der Waals surface area contributed by atoms with E-state index in [-0.39, 0.29) is 5.91 Å². The van der Waals surface area contributed by atoms with Crippen molar-refractivity contribution in [3.05, 3.63) is 46.7 Å². The maximum atomic E-state index is 12.1. The number of aryl methyl sites for hydroxylation is 1. The summed E-state index contributed by atoms with van der Waals surface area (Å²) in [7, 11) is 0. The standard InChI is InChI=1S/C15H16BrN3O2/c1-9-5-12(17)3-4-14(9)19-15(20)10(2)21-13-6-11(16)7-18-8-13/h3-8,10H,17H2,1-2H3,(H,19,20). The van der Waals surface area contributed by atoms with E-state index < -0.39 is 6.10 Å². The minimum atomic E-state index is -0.641. The van der Waals surface area contributed by atoms with Crippen molar-refractivity contribution in [1.29, 1.82) is 0 Å². The van der Waals surface area contributed by atoms with Crippen molar-refractivity contribution < 1.29 is 9.53 Å². The fourth-order valence-electron chi connectivity index (χ4n) is 1.78. The van der Waals surface area contributed by atoms with Crippen LogP contribution in [0.2, 0.25) is 0 Å². The second-order valence-electron chi connectivity index (χ2n) is 4.66. The highest BCUT2D eigenvalue weighted by molar-refractivity contribution is 9.10. The second kappa shape index (κ2) is 6.58. The molecule has 0 bridgehead atoms. The lowest BCUT2D eigenvalue weighted by atomic mass is 10.1. The summed E-state index contributed by atoms with van der Waals surface area (Å²) >= 11 is 3.30. The smallest absolute Gasteiger partial charge is 0.265 e. The number of hydrogen-bond acceptors (Lipinski definition) is 4. The number of nitrogen functional groups attached to an aromatic ring is 1. The zero-order valence-electron chi connectivity index (χ0n) is 11.8. The number of rotatable bonds is 4. The van der Waals surface area contributed by atoms with E-state index >= 15 is 0 Å². The maximum absolute atomic E-state index is 12.1. The fraction of sp³-hybridized carbons (Fsp3) is 0.200. The van der Waals surface area contributed by atoms with Crippen LogP contribution in [0.4, 0.5) is 11.4 Å². The number of nitrogens with one attached hydrogen (secondary N) is 1. The van der Waals surface area contributed by atoms with Gasteiger partial charge in [-0.05, 0) is 59.6 Å². The third-order valence-electron chi connectivity index (χ3n) is 2.87. The molecule has 6 heteroatoms. The van der Waals surface area contributed by atoms with Crippen molar-refractivity contribution in [2.75, 3.05) is 11.1 Å². The molecule has 0 spiro atoms. The molecule has 1 atom stereocenters. The number of pyridine rings is 1. The lowest BCUT2D eigenvalue weighted by molar-refractivity contribution is -0.122. The minimum absolute atomic E-state index is 0.233. The Labute approximate surface area is 131 Å². The van der Waals surface area contributed by atoms with Gasteiger partial charge >= 0.3 is 0 Å². The second-order valence-corrected chi connectivity index (χ2v) is 5.58. The highest BCUT2D eigenvalue weighted by Crippen LogP contribution is 2.20. The Bertz CT molecular complexity index is 661. The molecule has 3 N–H and O–H groups in total. The first kappa shape index (κ1) is 15.3. The van der Waals surface area contributed by atoms with E-state index in [1.807, 2.05) is 6.92 Å². The van der Waals surface area contributed by atoms with Crippen LogP contribution in [0.3, 0.4) is 0 Å². The third-order valence-corrected chi connectivity index (χ3v) is 3.30. The first-order chi connectivity index (χ1) is 9.95. The van der Waals surface area contributed by atoms with Crippen LogP contribution >= 0.6 is 15.9 Å².